The van der Waals surface area contributed by atoms with Crippen LogP contribution >= 0.6 is 0 Å². The molecule has 0 spiro atoms. The van der Waals surface area contributed by atoms with Gasteiger partial charge in [0, 0.05) is 13.2 Å². The average Bonchev–Trinajstić information content (AvgIpc) is 3.12. The maximum absolute atomic E-state index is 5.64. The minimum absolute atomic E-state index is 0.677. The molecule has 0 saturated heterocycles. The van der Waals surface area contributed by atoms with Crippen LogP contribution in [-0.2, 0) is 9.47 Å². The Morgan fingerprint density at radius 1 is 0.842 bits per heavy atom. The van der Waals surface area contributed by atoms with Crippen LogP contribution in [0.3, 0.4) is 0 Å². The molecule has 2 nitrogen and oxygen atoms in total. The van der Waals surface area contributed by atoms with Crippen LogP contribution in [0.1, 0.15) is 66.2 Å². The molecule has 1 aliphatic rings. The summed E-state index contributed by atoms with van der Waals surface area (Å²) in [6.45, 7) is 12.5. The van der Waals surface area contributed by atoms with E-state index in [9.17, 15) is 0 Å². The van der Waals surface area contributed by atoms with E-state index in [0.717, 1.165) is 38.3 Å². The van der Waals surface area contributed by atoms with Crippen molar-refractivity contribution in [2.24, 2.45) is 17.3 Å². The maximum atomic E-state index is 5.64. The highest BCUT2D eigenvalue weighted by Gasteiger charge is 2.44. The highest BCUT2D eigenvalue weighted by atomic mass is 16.5. The Kier molecular flexibility index (Phi) is 8.01. The van der Waals surface area contributed by atoms with Crippen LogP contribution < -0.4 is 0 Å². The molecule has 0 N–H and O–H groups in total. The lowest BCUT2D eigenvalue weighted by Crippen LogP contribution is -2.11. The van der Waals surface area contributed by atoms with Gasteiger partial charge in [0.2, 0.25) is 0 Å². The summed E-state index contributed by atoms with van der Waals surface area (Å²) in [4.78, 5) is 0. The van der Waals surface area contributed by atoms with Crippen molar-refractivity contribution >= 4 is 0 Å². The Labute approximate surface area is 120 Å². The van der Waals surface area contributed by atoms with E-state index < -0.39 is 0 Å². The Bertz CT molecular complexity index is 219. The van der Waals surface area contributed by atoms with Crippen LogP contribution in [0, 0.1) is 17.3 Å². The third-order valence-corrected chi connectivity index (χ3v) is 4.52. The van der Waals surface area contributed by atoms with E-state index in [-0.39, 0.29) is 0 Å². The molecule has 0 aromatic rings. The summed E-state index contributed by atoms with van der Waals surface area (Å²) in [6.07, 6.45) is 7.87. The van der Waals surface area contributed by atoms with Gasteiger partial charge in [-0.2, -0.15) is 0 Å². The van der Waals surface area contributed by atoms with Crippen molar-refractivity contribution in [1.29, 1.82) is 0 Å². The second kappa shape index (κ2) is 8.97. The molecular formula is C17H34O2. The van der Waals surface area contributed by atoms with E-state index in [0.29, 0.717) is 5.41 Å². The summed E-state index contributed by atoms with van der Waals surface area (Å²) in [7, 11) is 0. The van der Waals surface area contributed by atoms with Gasteiger partial charge in [-0.3, -0.25) is 0 Å². The zero-order chi connectivity index (χ0) is 14.1. The van der Waals surface area contributed by atoms with Crippen LogP contribution in [-0.4, -0.2) is 26.4 Å². The standard InChI is InChI=1S/C17H34O2/c1-15(2)7-5-11-18-13-14-19-12-6-8-17(9-10-17)16(3)4/h15-16H,5-14H2,1-4H3. The number of ether oxygens (including phenoxy) is 2. The first-order chi connectivity index (χ1) is 9.07. The van der Waals surface area contributed by atoms with Gasteiger partial charge in [0.25, 0.3) is 0 Å². The highest BCUT2D eigenvalue weighted by Crippen LogP contribution is 2.55. The summed E-state index contributed by atoms with van der Waals surface area (Å²) >= 11 is 0. The Balaban J connectivity index is 1.79. The second-order valence-electron chi connectivity index (χ2n) is 6.88. The number of rotatable bonds is 12. The van der Waals surface area contributed by atoms with E-state index in [2.05, 4.69) is 27.7 Å². The van der Waals surface area contributed by atoms with Gasteiger partial charge in [-0.1, -0.05) is 27.7 Å². The van der Waals surface area contributed by atoms with Crippen molar-refractivity contribution in [3.05, 3.63) is 0 Å². The zero-order valence-corrected chi connectivity index (χ0v) is 13.5. The van der Waals surface area contributed by atoms with Crippen molar-refractivity contribution in [3.63, 3.8) is 0 Å². The van der Waals surface area contributed by atoms with Crippen LogP contribution in [0.2, 0.25) is 0 Å². The van der Waals surface area contributed by atoms with E-state index in [4.69, 9.17) is 9.47 Å². The Morgan fingerprint density at radius 2 is 1.42 bits per heavy atom. The lowest BCUT2D eigenvalue weighted by molar-refractivity contribution is 0.0423. The molecule has 0 bridgehead atoms. The molecule has 2 heteroatoms. The van der Waals surface area contributed by atoms with Crippen molar-refractivity contribution < 1.29 is 9.47 Å². The third-order valence-electron chi connectivity index (χ3n) is 4.52. The molecule has 0 radical (unpaired) electrons. The fourth-order valence-corrected chi connectivity index (χ4v) is 2.72. The smallest absolute Gasteiger partial charge is 0.0700 e. The van der Waals surface area contributed by atoms with E-state index in [1.54, 1.807) is 0 Å². The van der Waals surface area contributed by atoms with Crippen molar-refractivity contribution in [3.8, 4) is 0 Å². The van der Waals surface area contributed by atoms with Crippen molar-refractivity contribution in [2.45, 2.75) is 66.2 Å². The molecule has 1 aliphatic carbocycles. The topological polar surface area (TPSA) is 18.5 Å². The molecule has 1 saturated carbocycles. The van der Waals surface area contributed by atoms with Gasteiger partial charge in [-0.15, -0.1) is 0 Å². The largest absolute Gasteiger partial charge is 0.379 e. The van der Waals surface area contributed by atoms with Gasteiger partial charge in [-0.05, 0) is 55.8 Å². The van der Waals surface area contributed by atoms with Crippen LogP contribution in [0.5, 0.6) is 0 Å². The van der Waals surface area contributed by atoms with Gasteiger partial charge in [0.05, 0.1) is 13.2 Å². The van der Waals surface area contributed by atoms with Crippen molar-refractivity contribution in [2.75, 3.05) is 26.4 Å². The predicted octanol–water partition coefficient (Wildman–Crippen LogP) is 4.67. The van der Waals surface area contributed by atoms with Gasteiger partial charge >= 0.3 is 0 Å². The summed E-state index contributed by atoms with van der Waals surface area (Å²) in [5, 5.41) is 0. The summed E-state index contributed by atoms with van der Waals surface area (Å²) in [5.74, 6) is 1.63. The SMILES string of the molecule is CC(C)CCCOCCOCCCC1(C(C)C)CC1. The quantitative estimate of drug-likeness (QED) is 0.480. The van der Waals surface area contributed by atoms with E-state index in [1.807, 2.05) is 0 Å². The molecular weight excluding hydrogens is 236 g/mol. The first-order valence-corrected chi connectivity index (χ1v) is 8.22. The monoisotopic (exact) mass is 270 g/mol. The zero-order valence-electron chi connectivity index (χ0n) is 13.5. The van der Waals surface area contributed by atoms with Crippen LogP contribution in [0.15, 0.2) is 0 Å². The van der Waals surface area contributed by atoms with Gasteiger partial charge in [0.1, 0.15) is 0 Å². The predicted molar refractivity (Wildman–Crippen MR) is 81.4 cm³/mol. The Morgan fingerprint density at radius 3 is 1.89 bits per heavy atom. The fraction of sp³-hybridized carbons (Fsp3) is 1.00. The summed E-state index contributed by atoms with van der Waals surface area (Å²) < 4.78 is 11.2. The van der Waals surface area contributed by atoms with Gasteiger partial charge < -0.3 is 9.47 Å². The normalized spacial score (nSPS) is 17.4. The molecule has 0 amide bonds. The lowest BCUT2D eigenvalue weighted by Gasteiger charge is -2.19. The van der Waals surface area contributed by atoms with Gasteiger partial charge in [0.15, 0.2) is 0 Å². The van der Waals surface area contributed by atoms with Gasteiger partial charge in [-0.25, -0.2) is 0 Å². The van der Waals surface area contributed by atoms with Crippen LogP contribution in [0.4, 0.5) is 0 Å². The molecule has 0 atom stereocenters. The Hall–Kier alpha value is -0.0800. The molecule has 0 aromatic heterocycles. The van der Waals surface area contributed by atoms with E-state index >= 15 is 0 Å². The third kappa shape index (κ3) is 7.31. The summed E-state index contributed by atoms with van der Waals surface area (Å²) in [6, 6.07) is 0. The molecule has 0 aliphatic heterocycles. The molecule has 0 aromatic carbocycles. The second-order valence-corrected chi connectivity index (χ2v) is 6.88. The number of hydrogen-bond donors (Lipinski definition) is 0. The maximum Gasteiger partial charge on any atom is 0.0700 e. The minimum Gasteiger partial charge on any atom is -0.379 e. The molecule has 1 rings (SSSR count). The number of hydrogen-bond acceptors (Lipinski definition) is 2. The minimum atomic E-state index is 0.677. The molecule has 0 heterocycles. The molecule has 19 heavy (non-hydrogen) atoms. The van der Waals surface area contributed by atoms with Crippen molar-refractivity contribution in [1.82, 2.24) is 0 Å². The fourth-order valence-electron chi connectivity index (χ4n) is 2.72. The average molecular weight is 270 g/mol. The molecule has 0 unspecified atom stereocenters. The summed E-state index contributed by atoms with van der Waals surface area (Å²) in [5.41, 5.74) is 0.677. The molecule has 114 valence electrons. The first-order valence-electron chi connectivity index (χ1n) is 8.22. The highest BCUT2D eigenvalue weighted by molar-refractivity contribution is 4.94. The first kappa shape index (κ1) is 17.0. The van der Waals surface area contributed by atoms with E-state index in [1.165, 1.54) is 38.5 Å². The molecule has 1 fully saturated rings. The van der Waals surface area contributed by atoms with Crippen LogP contribution in [0.25, 0.3) is 0 Å². The lowest BCUT2D eigenvalue weighted by atomic mass is 9.88.